The zero-order valence-corrected chi connectivity index (χ0v) is 20.3. The maximum atomic E-state index is 13.1. The lowest BCUT2D eigenvalue weighted by Crippen LogP contribution is -2.30. The van der Waals surface area contributed by atoms with Gasteiger partial charge in [0.05, 0.1) is 17.6 Å². The summed E-state index contributed by atoms with van der Waals surface area (Å²) in [5.41, 5.74) is 7.66. The molecule has 0 fully saturated rings. The Morgan fingerprint density at radius 2 is 1.89 bits per heavy atom. The lowest BCUT2D eigenvalue weighted by molar-refractivity contribution is -0.130. The number of rotatable bonds is 6. The minimum atomic E-state index is 0.147. The number of hydrogen-bond acceptors (Lipinski definition) is 4. The SMILES string of the molecule is CCN(Cc1ccncc1)C(=O)C/C1=C/Cc2cc(-c3ccc4nc(C)[nH]c4c3)ccc2OCC1. The Morgan fingerprint density at radius 3 is 2.71 bits per heavy atom. The standard InChI is InChI=1S/C29H30N4O2/c1-3-33(19-22-10-13-30-14-11-22)29(34)16-21-4-5-25-17-23(7-9-28(25)35-15-12-21)24-6-8-26-27(18-24)32-20(2)31-26/h4,6-11,13-14,17-18H,3,5,12,15-16,19H2,1-2H3,(H,31,32)/b21-4+. The van der Waals surface area contributed by atoms with Crippen molar-refractivity contribution in [2.75, 3.05) is 13.2 Å². The Balaban J connectivity index is 1.32. The van der Waals surface area contributed by atoms with Crippen molar-refractivity contribution in [3.63, 3.8) is 0 Å². The number of benzene rings is 2. The zero-order chi connectivity index (χ0) is 24.2. The van der Waals surface area contributed by atoms with Gasteiger partial charge in [-0.25, -0.2) is 4.98 Å². The highest BCUT2D eigenvalue weighted by Gasteiger charge is 2.17. The number of nitrogens with one attached hydrogen (secondary N) is 1. The second-order valence-corrected chi connectivity index (χ2v) is 8.98. The van der Waals surface area contributed by atoms with Crippen LogP contribution in [0.1, 0.15) is 36.7 Å². The fourth-order valence-corrected chi connectivity index (χ4v) is 4.58. The van der Waals surface area contributed by atoms with Crippen LogP contribution >= 0.6 is 0 Å². The normalized spacial score (nSPS) is 14.9. The lowest BCUT2D eigenvalue weighted by Gasteiger charge is -2.23. The van der Waals surface area contributed by atoms with Crippen LogP contribution in [0, 0.1) is 6.92 Å². The van der Waals surface area contributed by atoms with E-state index >= 15 is 0 Å². The Hall–Kier alpha value is -3.93. The molecule has 0 saturated heterocycles. The molecule has 1 aliphatic heterocycles. The molecule has 6 heteroatoms. The highest BCUT2D eigenvalue weighted by molar-refractivity contribution is 5.82. The number of nitrogens with zero attached hydrogens (tertiary/aromatic N) is 3. The van der Waals surface area contributed by atoms with E-state index in [9.17, 15) is 4.79 Å². The number of fused-ring (bicyclic) bond motifs is 2. The number of amides is 1. The second kappa shape index (κ2) is 10.1. The van der Waals surface area contributed by atoms with Gasteiger partial charge in [-0.05, 0) is 78.9 Å². The van der Waals surface area contributed by atoms with E-state index < -0.39 is 0 Å². The lowest BCUT2D eigenvalue weighted by atomic mass is 9.98. The van der Waals surface area contributed by atoms with Crippen molar-refractivity contribution >= 4 is 16.9 Å². The van der Waals surface area contributed by atoms with Crippen LogP contribution < -0.4 is 4.74 Å². The highest BCUT2D eigenvalue weighted by Crippen LogP contribution is 2.31. The quantitative estimate of drug-likeness (QED) is 0.374. The van der Waals surface area contributed by atoms with Gasteiger partial charge in [0.1, 0.15) is 11.6 Å². The molecular formula is C29H30N4O2. The molecule has 3 heterocycles. The molecule has 0 atom stereocenters. The van der Waals surface area contributed by atoms with Crippen molar-refractivity contribution < 1.29 is 9.53 Å². The Kier molecular flexibility index (Phi) is 6.62. The van der Waals surface area contributed by atoms with E-state index in [1.165, 1.54) is 0 Å². The van der Waals surface area contributed by atoms with Gasteiger partial charge in [-0.1, -0.05) is 23.8 Å². The zero-order valence-electron chi connectivity index (χ0n) is 20.3. The number of aryl methyl sites for hydroxylation is 1. The van der Waals surface area contributed by atoms with E-state index in [-0.39, 0.29) is 5.91 Å². The molecule has 1 aliphatic rings. The van der Waals surface area contributed by atoms with Gasteiger partial charge in [0, 0.05) is 38.3 Å². The third-order valence-electron chi connectivity index (χ3n) is 6.52. The van der Waals surface area contributed by atoms with Gasteiger partial charge in [0.25, 0.3) is 0 Å². The molecule has 1 amide bonds. The molecule has 2 aromatic heterocycles. The van der Waals surface area contributed by atoms with E-state index in [0.717, 1.165) is 63.3 Å². The van der Waals surface area contributed by atoms with Crippen LogP contribution in [0.25, 0.3) is 22.2 Å². The number of allylic oxidation sites excluding steroid dienone is 1. The van der Waals surface area contributed by atoms with Gasteiger partial charge >= 0.3 is 0 Å². The first-order chi connectivity index (χ1) is 17.1. The number of aromatic amines is 1. The summed E-state index contributed by atoms with van der Waals surface area (Å²) in [7, 11) is 0. The minimum Gasteiger partial charge on any atom is -0.493 e. The first kappa shape index (κ1) is 22.8. The van der Waals surface area contributed by atoms with Crippen molar-refractivity contribution in [2.45, 2.75) is 39.7 Å². The van der Waals surface area contributed by atoms with E-state index in [4.69, 9.17) is 4.74 Å². The molecule has 0 radical (unpaired) electrons. The molecule has 0 bridgehead atoms. The molecule has 35 heavy (non-hydrogen) atoms. The predicted molar refractivity (Wildman–Crippen MR) is 138 cm³/mol. The summed E-state index contributed by atoms with van der Waals surface area (Å²) >= 11 is 0. The average Bonchev–Trinajstić information content (AvgIpc) is 3.24. The van der Waals surface area contributed by atoms with Crippen LogP contribution in [0.4, 0.5) is 0 Å². The summed E-state index contributed by atoms with van der Waals surface area (Å²) in [6, 6.07) is 16.6. The van der Waals surface area contributed by atoms with Crippen LogP contribution in [0.15, 0.2) is 72.6 Å². The average molecular weight is 467 g/mol. The summed E-state index contributed by atoms with van der Waals surface area (Å²) in [4.78, 5) is 26.8. The van der Waals surface area contributed by atoms with Crippen molar-refractivity contribution in [2.24, 2.45) is 0 Å². The van der Waals surface area contributed by atoms with Gasteiger partial charge in [-0.15, -0.1) is 0 Å². The van der Waals surface area contributed by atoms with Gasteiger partial charge in [-0.2, -0.15) is 0 Å². The largest absolute Gasteiger partial charge is 0.493 e. The predicted octanol–water partition coefficient (Wildman–Crippen LogP) is 5.62. The van der Waals surface area contributed by atoms with E-state index in [1.807, 2.05) is 30.9 Å². The molecule has 0 aliphatic carbocycles. The van der Waals surface area contributed by atoms with Crippen LogP contribution in [0.2, 0.25) is 0 Å². The number of carbonyl (C=O) groups excluding carboxylic acids is 1. The van der Waals surface area contributed by atoms with Gasteiger partial charge in [-0.3, -0.25) is 9.78 Å². The Morgan fingerprint density at radius 1 is 1.09 bits per heavy atom. The van der Waals surface area contributed by atoms with Gasteiger partial charge in [0.15, 0.2) is 0 Å². The summed E-state index contributed by atoms with van der Waals surface area (Å²) < 4.78 is 6.10. The van der Waals surface area contributed by atoms with Crippen molar-refractivity contribution in [1.82, 2.24) is 19.9 Å². The monoisotopic (exact) mass is 466 g/mol. The number of aromatic nitrogens is 3. The summed E-state index contributed by atoms with van der Waals surface area (Å²) in [5.74, 6) is 1.98. The van der Waals surface area contributed by atoms with E-state index in [2.05, 4.69) is 57.4 Å². The smallest absolute Gasteiger partial charge is 0.226 e. The molecule has 4 aromatic rings. The van der Waals surface area contributed by atoms with Crippen LogP contribution in [-0.4, -0.2) is 38.9 Å². The van der Waals surface area contributed by atoms with Crippen LogP contribution in [0.5, 0.6) is 5.75 Å². The molecule has 178 valence electrons. The number of carbonyl (C=O) groups is 1. The minimum absolute atomic E-state index is 0.147. The summed E-state index contributed by atoms with van der Waals surface area (Å²) in [6.45, 7) is 5.84. The van der Waals surface area contributed by atoms with Crippen LogP contribution in [-0.2, 0) is 17.8 Å². The topological polar surface area (TPSA) is 71.1 Å². The van der Waals surface area contributed by atoms with Gasteiger partial charge in [0.2, 0.25) is 5.91 Å². The third kappa shape index (κ3) is 5.27. The number of imidazole rings is 1. The summed E-state index contributed by atoms with van der Waals surface area (Å²) in [5, 5.41) is 0. The number of hydrogen-bond donors (Lipinski definition) is 1. The molecular weight excluding hydrogens is 436 g/mol. The number of H-pyrrole nitrogens is 1. The third-order valence-corrected chi connectivity index (χ3v) is 6.52. The fourth-order valence-electron chi connectivity index (χ4n) is 4.58. The maximum absolute atomic E-state index is 13.1. The summed E-state index contributed by atoms with van der Waals surface area (Å²) in [6.07, 6.45) is 7.67. The molecule has 2 aromatic carbocycles. The fraction of sp³-hybridized carbons (Fsp3) is 0.276. The number of pyridine rings is 1. The van der Waals surface area contributed by atoms with Crippen molar-refractivity contribution in [3.8, 4) is 16.9 Å². The van der Waals surface area contributed by atoms with Gasteiger partial charge < -0.3 is 14.6 Å². The second-order valence-electron chi connectivity index (χ2n) is 8.98. The highest BCUT2D eigenvalue weighted by atomic mass is 16.5. The molecule has 0 saturated carbocycles. The molecule has 1 N–H and O–H groups in total. The first-order valence-corrected chi connectivity index (χ1v) is 12.2. The molecule has 6 nitrogen and oxygen atoms in total. The van der Waals surface area contributed by atoms with E-state index in [1.54, 1.807) is 12.4 Å². The number of ether oxygens (including phenoxy) is 1. The van der Waals surface area contributed by atoms with Crippen molar-refractivity contribution in [3.05, 3.63) is 89.5 Å². The van der Waals surface area contributed by atoms with Crippen molar-refractivity contribution in [1.29, 1.82) is 0 Å². The molecule has 5 rings (SSSR count). The molecule has 0 spiro atoms. The van der Waals surface area contributed by atoms with Crippen LogP contribution in [0.3, 0.4) is 0 Å². The first-order valence-electron chi connectivity index (χ1n) is 12.2. The van der Waals surface area contributed by atoms with E-state index in [0.29, 0.717) is 26.1 Å². The maximum Gasteiger partial charge on any atom is 0.226 e. The Labute approximate surface area is 205 Å². The molecule has 0 unspecified atom stereocenters. The Bertz CT molecular complexity index is 1370.